The molecule has 1 rings (SSSR count). The molecule has 0 saturated carbocycles. The third-order valence-electron chi connectivity index (χ3n) is 2.66. The molecule has 0 saturated heterocycles. The van der Waals surface area contributed by atoms with E-state index in [2.05, 4.69) is 26.4 Å². The molecule has 0 aromatic heterocycles. The van der Waals surface area contributed by atoms with Crippen LogP contribution in [0.2, 0.25) is 0 Å². The number of halogens is 1. The normalized spacial score (nSPS) is 11.2. The highest BCUT2D eigenvalue weighted by Gasteiger charge is 2.14. The third kappa shape index (κ3) is 3.85. The van der Waals surface area contributed by atoms with Gasteiger partial charge in [0, 0.05) is 23.1 Å². The first-order chi connectivity index (χ1) is 9.03. The lowest BCUT2D eigenvalue weighted by atomic mass is 10.1. The number of nitrogens with zero attached hydrogens (tertiary/aromatic N) is 2. The predicted molar refractivity (Wildman–Crippen MR) is 78.6 cm³/mol. The summed E-state index contributed by atoms with van der Waals surface area (Å²) in [6.45, 7) is 5.01. The van der Waals surface area contributed by atoms with E-state index in [0.29, 0.717) is 24.3 Å². The number of rotatable bonds is 4. The SMILES string of the molecule is CCN(CC)C(=O)Nc1cc(Br)ccc1/C(N)=N/O. The molecule has 0 aliphatic rings. The molecular formula is C12H17BrN4O2. The van der Waals surface area contributed by atoms with E-state index in [1.807, 2.05) is 13.8 Å². The fourth-order valence-corrected chi connectivity index (χ4v) is 1.96. The van der Waals surface area contributed by atoms with Crippen molar-refractivity contribution in [2.45, 2.75) is 13.8 Å². The fraction of sp³-hybridized carbons (Fsp3) is 0.333. The fourth-order valence-electron chi connectivity index (χ4n) is 1.60. The van der Waals surface area contributed by atoms with Gasteiger partial charge in [0.1, 0.15) is 0 Å². The monoisotopic (exact) mass is 328 g/mol. The topological polar surface area (TPSA) is 91.0 Å². The van der Waals surface area contributed by atoms with Gasteiger partial charge < -0.3 is 21.2 Å². The number of benzene rings is 1. The second-order valence-electron chi connectivity index (χ2n) is 3.78. The van der Waals surface area contributed by atoms with E-state index >= 15 is 0 Å². The maximum Gasteiger partial charge on any atom is 0.321 e. The number of hydrogen-bond donors (Lipinski definition) is 3. The maximum absolute atomic E-state index is 12.0. The Labute approximate surface area is 120 Å². The predicted octanol–water partition coefficient (Wildman–Crippen LogP) is 2.42. The first-order valence-electron chi connectivity index (χ1n) is 5.86. The van der Waals surface area contributed by atoms with Gasteiger partial charge in [0.25, 0.3) is 0 Å². The second kappa shape index (κ2) is 6.98. The van der Waals surface area contributed by atoms with Crippen LogP contribution in [-0.2, 0) is 0 Å². The van der Waals surface area contributed by atoms with E-state index in [9.17, 15) is 4.79 Å². The quantitative estimate of drug-likeness (QED) is 0.343. The van der Waals surface area contributed by atoms with Crippen LogP contribution in [0.4, 0.5) is 10.5 Å². The van der Waals surface area contributed by atoms with Gasteiger partial charge in [-0.05, 0) is 32.0 Å². The van der Waals surface area contributed by atoms with Crippen molar-refractivity contribution in [2.24, 2.45) is 10.9 Å². The highest BCUT2D eigenvalue weighted by atomic mass is 79.9. The van der Waals surface area contributed by atoms with Crippen molar-refractivity contribution in [1.82, 2.24) is 4.90 Å². The molecule has 0 bridgehead atoms. The highest BCUT2D eigenvalue weighted by Crippen LogP contribution is 2.21. The van der Waals surface area contributed by atoms with Gasteiger partial charge in [-0.25, -0.2) is 4.79 Å². The summed E-state index contributed by atoms with van der Waals surface area (Å²) in [7, 11) is 0. The molecule has 1 aromatic carbocycles. The van der Waals surface area contributed by atoms with Gasteiger partial charge in [-0.15, -0.1) is 0 Å². The maximum atomic E-state index is 12.0. The zero-order valence-electron chi connectivity index (χ0n) is 10.9. The number of nitrogens with two attached hydrogens (primary N) is 1. The lowest BCUT2D eigenvalue weighted by molar-refractivity contribution is 0.217. The first kappa shape index (κ1) is 15.3. The van der Waals surface area contributed by atoms with Crippen LogP contribution in [0.3, 0.4) is 0 Å². The van der Waals surface area contributed by atoms with Gasteiger partial charge in [0.2, 0.25) is 0 Å². The van der Waals surface area contributed by atoms with Gasteiger partial charge in [0.05, 0.1) is 5.69 Å². The molecule has 4 N–H and O–H groups in total. The molecule has 0 aliphatic heterocycles. The molecule has 19 heavy (non-hydrogen) atoms. The molecule has 1 aromatic rings. The highest BCUT2D eigenvalue weighted by molar-refractivity contribution is 9.10. The Balaban J connectivity index is 3.05. The Bertz CT molecular complexity index is 487. The largest absolute Gasteiger partial charge is 0.409 e. The van der Waals surface area contributed by atoms with Crippen molar-refractivity contribution in [3.05, 3.63) is 28.2 Å². The lowest BCUT2D eigenvalue weighted by Crippen LogP contribution is -2.35. The molecule has 0 fully saturated rings. The van der Waals surface area contributed by atoms with Gasteiger partial charge >= 0.3 is 6.03 Å². The van der Waals surface area contributed by atoms with E-state index in [0.717, 1.165) is 4.47 Å². The summed E-state index contributed by atoms with van der Waals surface area (Å²) in [4.78, 5) is 13.6. The van der Waals surface area contributed by atoms with E-state index in [-0.39, 0.29) is 11.9 Å². The molecule has 0 radical (unpaired) electrons. The summed E-state index contributed by atoms with van der Waals surface area (Å²) < 4.78 is 0.789. The first-order valence-corrected chi connectivity index (χ1v) is 6.66. The van der Waals surface area contributed by atoms with Gasteiger partial charge in [-0.2, -0.15) is 0 Å². The van der Waals surface area contributed by atoms with Crippen molar-refractivity contribution in [3.8, 4) is 0 Å². The average Bonchev–Trinajstić information content (AvgIpc) is 2.39. The smallest absolute Gasteiger partial charge is 0.321 e. The van der Waals surface area contributed by atoms with Crippen molar-refractivity contribution in [2.75, 3.05) is 18.4 Å². The van der Waals surface area contributed by atoms with E-state index in [1.54, 1.807) is 23.1 Å². The molecule has 7 heteroatoms. The van der Waals surface area contributed by atoms with E-state index in [4.69, 9.17) is 10.9 Å². The number of carbonyl (C=O) groups excluding carboxylic acids is 1. The molecule has 2 amide bonds. The summed E-state index contributed by atoms with van der Waals surface area (Å²) in [6.07, 6.45) is 0. The molecule has 0 unspecified atom stereocenters. The average molecular weight is 329 g/mol. The van der Waals surface area contributed by atoms with E-state index < -0.39 is 0 Å². The standard InChI is InChI=1S/C12H17BrN4O2/c1-3-17(4-2)12(18)15-10-7-8(13)5-6-9(10)11(14)16-19/h5-7,19H,3-4H2,1-2H3,(H2,14,16)(H,15,18). The zero-order valence-corrected chi connectivity index (χ0v) is 12.4. The van der Waals surface area contributed by atoms with Crippen LogP contribution in [0.1, 0.15) is 19.4 Å². The number of oxime groups is 1. The van der Waals surface area contributed by atoms with Crippen molar-refractivity contribution < 1.29 is 10.0 Å². The number of hydrogen-bond acceptors (Lipinski definition) is 3. The Morgan fingerprint density at radius 1 is 1.47 bits per heavy atom. The Hall–Kier alpha value is -1.76. The number of carbonyl (C=O) groups is 1. The van der Waals surface area contributed by atoms with E-state index in [1.165, 1.54) is 0 Å². The zero-order chi connectivity index (χ0) is 14.4. The minimum Gasteiger partial charge on any atom is -0.409 e. The Kier molecular flexibility index (Phi) is 5.62. The van der Waals surface area contributed by atoms with Crippen LogP contribution < -0.4 is 11.1 Å². The summed E-state index contributed by atoms with van der Waals surface area (Å²) in [6, 6.07) is 4.89. The molecule has 6 nitrogen and oxygen atoms in total. The number of urea groups is 1. The molecule has 104 valence electrons. The van der Waals surface area contributed by atoms with Crippen LogP contribution >= 0.6 is 15.9 Å². The molecule has 0 atom stereocenters. The minimum absolute atomic E-state index is 0.0534. The molecule has 0 heterocycles. The Morgan fingerprint density at radius 2 is 2.11 bits per heavy atom. The summed E-state index contributed by atoms with van der Waals surface area (Å²) in [5.74, 6) is -0.0534. The van der Waals surface area contributed by atoms with Crippen LogP contribution in [0, 0.1) is 0 Å². The van der Waals surface area contributed by atoms with Gasteiger partial charge in [0.15, 0.2) is 5.84 Å². The second-order valence-corrected chi connectivity index (χ2v) is 4.69. The number of amides is 2. The van der Waals surface area contributed by atoms with Gasteiger partial charge in [-0.1, -0.05) is 21.1 Å². The number of amidine groups is 1. The Morgan fingerprint density at radius 3 is 2.63 bits per heavy atom. The number of nitrogens with one attached hydrogen (secondary N) is 1. The van der Waals surface area contributed by atoms with Crippen molar-refractivity contribution >= 4 is 33.5 Å². The third-order valence-corrected chi connectivity index (χ3v) is 3.15. The minimum atomic E-state index is -0.227. The van der Waals surface area contributed by atoms with Crippen LogP contribution in [0.15, 0.2) is 27.8 Å². The van der Waals surface area contributed by atoms with Crippen molar-refractivity contribution in [1.29, 1.82) is 0 Å². The van der Waals surface area contributed by atoms with Gasteiger partial charge in [-0.3, -0.25) is 0 Å². The summed E-state index contributed by atoms with van der Waals surface area (Å²) in [5.41, 5.74) is 6.53. The summed E-state index contributed by atoms with van der Waals surface area (Å²) in [5, 5.41) is 14.5. The molecular weight excluding hydrogens is 312 g/mol. The number of anilines is 1. The van der Waals surface area contributed by atoms with Crippen LogP contribution in [0.5, 0.6) is 0 Å². The molecule has 0 aliphatic carbocycles. The van der Waals surface area contributed by atoms with Crippen LogP contribution in [-0.4, -0.2) is 35.1 Å². The summed E-state index contributed by atoms with van der Waals surface area (Å²) >= 11 is 3.32. The lowest BCUT2D eigenvalue weighted by Gasteiger charge is -2.20. The van der Waals surface area contributed by atoms with Crippen LogP contribution in [0.25, 0.3) is 0 Å². The van der Waals surface area contributed by atoms with Crippen molar-refractivity contribution in [3.63, 3.8) is 0 Å². The molecule has 0 spiro atoms.